The molecule has 0 fully saturated rings. The molecule has 0 saturated heterocycles. The van der Waals surface area contributed by atoms with Gasteiger partial charge in [0.15, 0.2) is 5.69 Å². The van der Waals surface area contributed by atoms with Crippen molar-refractivity contribution in [2.24, 2.45) is 0 Å². The molecule has 1 N–H and O–H groups in total. The van der Waals surface area contributed by atoms with Crippen LogP contribution < -0.4 is 0 Å². The molecule has 0 bridgehead atoms. The Hall–Kier alpha value is -1.93. The lowest BCUT2D eigenvalue weighted by Gasteiger charge is -2.13. The largest absolute Gasteiger partial charge is 0.506 e. The molecular weight excluding hydrogens is 277 g/mol. The van der Waals surface area contributed by atoms with Gasteiger partial charge in [-0.1, -0.05) is 0 Å². The minimum atomic E-state index is -5.03. The van der Waals surface area contributed by atoms with E-state index in [1.165, 1.54) is 6.92 Å². The van der Waals surface area contributed by atoms with Crippen molar-refractivity contribution < 1.29 is 36.6 Å². The van der Waals surface area contributed by atoms with E-state index < -0.39 is 41.3 Å². The summed E-state index contributed by atoms with van der Waals surface area (Å²) < 4.78 is 67.0. The SMILES string of the molecule is CCOC(=O)c1nc(C(F)F)c(O)cc1C(F)(F)F. The summed E-state index contributed by atoms with van der Waals surface area (Å²) in [4.78, 5) is 14.1. The average molecular weight is 285 g/mol. The summed E-state index contributed by atoms with van der Waals surface area (Å²) in [5, 5.41) is 9.07. The molecule has 19 heavy (non-hydrogen) atoms. The zero-order chi connectivity index (χ0) is 14.8. The monoisotopic (exact) mass is 285 g/mol. The number of aromatic hydroxyl groups is 1. The topological polar surface area (TPSA) is 59.4 Å². The van der Waals surface area contributed by atoms with Crippen LogP contribution in [0.3, 0.4) is 0 Å². The van der Waals surface area contributed by atoms with Crippen molar-refractivity contribution in [3.8, 4) is 5.75 Å². The number of halogens is 5. The first-order chi connectivity index (χ1) is 8.68. The van der Waals surface area contributed by atoms with Crippen molar-refractivity contribution in [1.82, 2.24) is 4.98 Å². The summed E-state index contributed by atoms with van der Waals surface area (Å²) in [6, 6.07) is 0.0285. The third kappa shape index (κ3) is 3.30. The number of ether oxygens (including phenoxy) is 1. The van der Waals surface area contributed by atoms with Crippen LogP contribution in [0, 0.1) is 0 Å². The van der Waals surface area contributed by atoms with Gasteiger partial charge in [-0.15, -0.1) is 0 Å². The van der Waals surface area contributed by atoms with Crippen LogP contribution in [0.1, 0.15) is 35.1 Å². The molecule has 0 aliphatic heterocycles. The van der Waals surface area contributed by atoms with E-state index in [1.54, 1.807) is 0 Å². The van der Waals surface area contributed by atoms with Crippen molar-refractivity contribution in [1.29, 1.82) is 0 Å². The maximum Gasteiger partial charge on any atom is 0.418 e. The second-order valence-electron chi connectivity index (χ2n) is 3.31. The molecule has 0 unspecified atom stereocenters. The molecule has 0 aliphatic carbocycles. The van der Waals surface area contributed by atoms with E-state index in [2.05, 4.69) is 9.72 Å². The quantitative estimate of drug-likeness (QED) is 0.685. The van der Waals surface area contributed by atoms with Crippen molar-refractivity contribution in [3.05, 3.63) is 23.0 Å². The van der Waals surface area contributed by atoms with Gasteiger partial charge in [0, 0.05) is 0 Å². The first-order valence-electron chi connectivity index (χ1n) is 4.94. The highest BCUT2D eigenvalue weighted by Gasteiger charge is 2.38. The van der Waals surface area contributed by atoms with Gasteiger partial charge >= 0.3 is 12.1 Å². The van der Waals surface area contributed by atoms with Crippen molar-refractivity contribution in [3.63, 3.8) is 0 Å². The summed E-state index contributed by atoms with van der Waals surface area (Å²) in [7, 11) is 0. The average Bonchev–Trinajstić information content (AvgIpc) is 2.27. The Morgan fingerprint density at radius 2 is 2.05 bits per heavy atom. The van der Waals surface area contributed by atoms with Gasteiger partial charge < -0.3 is 9.84 Å². The molecule has 0 amide bonds. The Morgan fingerprint density at radius 3 is 2.47 bits per heavy atom. The number of alkyl halides is 5. The number of esters is 1. The standard InChI is InChI=1S/C10H8F5NO3/c1-2-19-9(18)6-4(10(13,14)15)3-5(17)7(16-6)8(11)12/h3,8,17H,2H2,1H3. The molecule has 4 nitrogen and oxygen atoms in total. The molecule has 1 rings (SSSR count). The van der Waals surface area contributed by atoms with Gasteiger partial charge in [0.2, 0.25) is 0 Å². The second kappa shape index (κ2) is 5.37. The highest BCUT2D eigenvalue weighted by atomic mass is 19.4. The summed E-state index contributed by atoms with van der Waals surface area (Å²) >= 11 is 0. The minimum Gasteiger partial charge on any atom is -0.506 e. The van der Waals surface area contributed by atoms with Gasteiger partial charge in [0.1, 0.15) is 11.4 Å². The maximum atomic E-state index is 12.6. The van der Waals surface area contributed by atoms with E-state index >= 15 is 0 Å². The van der Waals surface area contributed by atoms with E-state index in [1.807, 2.05) is 0 Å². The number of carbonyl (C=O) groups excluding carboxylic acids is 1. The van der Waals surface area contributed by atoms with Gasteiger partial charge in [0.25, 0.3) is 6.43 Å². The normalized spacial score (nSPS) is 11.7. The lowest BCUT2D eigenvalue weighted by molar-refractivity contribution is -0.138. The van der Waals surface area contributed by atoms with Crippen LogP contribution in [-0.2, 0) is 10.9 Å². The fourth-order valence-electron chi connectivity index (χ4n) is 1.25. The highest BCUT2D eigenvalue weighted by Crippen LogP contribution is 2.36. The Morgan fingerprint density at radius 1 is 1.47 bits per heavy atom. The van der Waals surface area contributed by atoms with Crippen LogP contribution in [0.15, 0.2) is 6.07 Å². The van der Waals surface area contributed by atoms with E-state index in [-0.39, 0.29) is 12.7 Å². The zero-order valence-corrected chi connectivity index (χ0v) is 9.46. The molecule has 0 spiro atoms. The fraction of sp³-hybridized carbons (Fsp3) is 0.400. The molecule has 0 radical (unpaired) electrons. The third-order valence-electron chi connectivity index (χ3n) is 2.01. The Bertz CT molecular complexity index is 487. The Balaban J connectivity index is 3.46. The molecule has 0 aromatic carbocycles. The molecule has 1 aromatic rings. The molecule has 0 atom stereocenters. The molecule has 1 aromatic heterocycles. The molecule has 0 saturated carbocycles. The Kier molecular flexibility index (Phi) is 4.28. The van der Waals surface area contributed by atoms with E-state index in [9.17, 15) is 26.7 Å². The number of hydrogen-bond donors (Lipinski definition) is 1. The van der Waals surface area contributed by atoms with Crippen LogP contribution in [0.4, 0.5) is 22.0 Å². The lowest BCUT2D eigenvalue weighted by Crippen LogP contribution is -2.18. The smallest absolute Gasteiger partial charge is 0.418 e. The molecular formula is C10H8F5NO3. The van der Waals surface area contributed by atoms with E-state index in [0.717, 1.165) is 0 Å². The fourth-order valence-corrected chi connectivity index (χ4v) is 1.25. The van der Waals surface area contributed by atoms with E-state index in [0.29, 0.717) is 0 Å². The molecule has 106 valence electrons. The van der Waals surface area contributed by atoms with Crippen LogP contribution in [0.2, 0.25) is 0 Å². The zero-order valence-electron chi connectivity index (χ0n) is 9.46. The summed E-state index contributed by atoms with van der Waals surface area (Å²) in [5.41, 5.74) is -4.24. The van der Waals surface area contributed by atoms with Gasteiger partial charge in [-0.25, -0.2) is 18.6 Å². The predicted molar refractivity (Wildman–Crippen MR) is 51.8 cm³/mol. The Labute approximate surface area is 103 Å². The number of rotatable bonds is 3. The van der Waals surface area contributed by atoms with Crippen molar-refractivity contribution in [2.45, 2.75) is 19.5 Å². The first kappa shape index (κ1) is 15.1. The lowest BCUT2D eigenvalue weighted by atomic mass is 10.1. The summed E-state index contributed by atoms with van der Waals surface area (Å²) in [5.74, 6) is -2.83. The number of carbonyl (C=O) groups is 1. The van der Waals surface area contributed by atoms with Crippen molar-refractivity contribution >= 4 is 5.97 Å². The molecule has 1 heterocycles. The number of hydrogen-bond acceptors (Lipinski definition) is 4. The number of aromatic nitrogens is 1. The van der Waals surface area contributed by atoms with Crippen LogP contribution >= 0.6 is 0 Å². The third-order valence-corrected chi connectivity index (χ3v) is 2.01. The number of nitrogens with zero attached hydrogens (tertiary/aromatic N) is 1. The summed E-state index contributed by atoms with van der Waals surface area (Å²) in [6.45, 7) is 1.09. The van der Waals surface area contributed by atoms with Gasteiger partial charge in [0.05, 0.1) is 12.2 Å². The number of pyridine rings is 1. The van der Waals surface area contributed by atoms with Gasteiger partial charge in [-0.3, -0.25) is 0 Å². The van der Waals surface area contributed by atoms with Crippen LogP contribution in [-0.4, -0.2) is 22.7 Å². The predicted octanol–water partition coefficient (Wildman–Crippen LogP) is 2.92. The van der Waals surface area contributed by atoms with E-state index in [4.69, 9.17) is 5.11 Å². The van der Waals surface area contributed by atoms with Crippen LogP contribution in [0.5, 0.6) is 5.75 Å². The molecule has 9 heteroatoms. The minimum absolute atomic E-state index is 0.0285. The van der Waals surface area contributed by atoms with Crippen LogP contribution in [0.25, 0.3) is 0 Å². The van der Waals surface area contributed by atoms with Gasteiger partial charge in [-0.05, 0) is 13.0 Å². The summed E-state index contributed by atoms with van der Waals surface area (Å²) in [6.07, 6.45) is -8.36. The van der Waals surface area contributed by atoms with Gasteiger partial charge in [-0.2, -0.15) is 13.2 Å². The van der Waals surface area contributed by atoms with Crippen molar-refractivity contribution in [2.75, 3.05) is 6.61 Å². The molecule has 0 aliphatic rings. The first-order valence-corrected chi connectivity index (χ1v) is 4.94. The maximum absolute atomic E-state index is 12.6. The highest BCUT2D eigenvalue weighted by molar-refractivity contribution is 5.89. The second-order valence-corrected chi connectivity index (χ2v) is 3.31.